The number of fused-ring (bicyclic) bond motifs is 6. The molecule has 2 aliphatic carbocycles. The van der Waals surface area contributed by atoms with Crippen LogP contribution in [0.25, 0.3) is 21.9 Å². The Morgan fingerprint density at radius 2 is 1.11 bits per heavy atom. The predicted octanol–water partition coefficient (Wildman–Crippen LogP) is 9.69. The van der Waals surface area contributed by atoms with Crippen LogP contribution in [0.15, 0.2) is 115 Å². The van der Waals surface area contributed by atoms with E-state index in [1.165, 1.54) is 58.2 Å². The minimum Gasteiger partial charge on any atom is -0.310 e. The minimum atomic E-state index is 0.301. The van der Waals surface area contributed by atoms with Gasteiger partial charge in [0.25, 0.3) is 0 Å². The van der Waals surface area contributed by atoms with E-state index in [1.54, 1.807) is 11.1 Å². The highest BCUT2D eigenvalue weighted by molar-refractivity contribution is 5.98. The summed E-state index contributed by atoms with van der Waals surface area (Å²) in [7, 11) is 0. The Morgan fingerprint density at radius 3 is 1.75 bits per heavy atom. The molecule has 2 bridgehead atoms. The van der Waals surface area contributed by atoms with E-state index in [2.05, 4.69) is 134 Å². The van der Waals surface area contributed by atoms with E-state index < -0.39 is 0 Å². The molecule has 0 spiro atoms. The van der Waals surface area contributed by atoms with Crippen molar-refractivity contribution in [2.45, 2.75) is 43.9 Å². The predicted molar refractivity (Wildman–Crippen MR) is 153 cm³/mol. The summed E-state index contributed by atoms with van der Waals surface area (Å²) in [5.74, 6) is 0. The molecule has 7 rings (SSSR count). The van der Waals surface area contributed by atoms with E-state index in [0.29, 0.717) is 10.8 Å². The number of hydrogen-bond acceptors (Lipinski definition) is 1. The quantitative estimate of drug-likeness (QED) is 0.255. The summed E-state index contributed by atoms with van der Waals surface area (Å²) in [6, 6.07) is 42.3. The van der Waals surface area contributed by atoms with Crippen LogP contribution in [0.4, 0.5) is 17.1 Å². The van der Waals surface area contributed by atoms with Gasteiger partial charge >= 0.3 is 0 Å². The summed E-state index contributed by atoms with van der Waals surface area (Å²) in [6.45, 7) is 4.95. The standard InChI is InChI=1S/C35H31N/c1-34-19-20-35(2,24-34)32-22-27(17-18-31(32)34)30-21-25-11-9-10-12-26(25)23-33(30)36(28-13-5-3-6-14-28)29-15-7-4-8-16-29/h3-18,21-23H,19-20,24H2,1-2H3. The van der Waals surface area contributed by atoms with Gasteiger partial charge in [0.2, 0.25) is 0 Å². The molecule has 2 atom stereocenters. The summed E-state index contributed by atoms with van der Waals surface area (Å²) in [5, 5.41) is 2.53. The van der Waals surface area contributed by atoms with Crippen LogP contribution in [-0.2, 0) is 10.8 Å². The van der Waals surface area contributed by atoms with Crippen LogP contribution >= 0.6 is 0 Å². The van der Waals surface area contributed by atoms with E-state index in [1.807, 2.05) is 0 Å². The average molecular weight is 466 g/mol. The van der Waals surface area contributed by atoms with Crippen molar-refractivity contribution in [2.75, 3.05) is 4.90 Å². The smallest absolute Gasteiger partial charge is 0.0546 e. The first kappa shape index (κ1) is 21.4. The van der Waals surface area contributed by atoms with Gasteiger partial charge in [0.05, 0.1) is 5.69 Å². The lowest BCUT2D eigenvalue weighted by molar-refractivity contribution is 0.484. The SMILES string of the molecule is CC12CCC(C)(C1)c1cc(-c3cc4ccccc4cc3N(c3ccccc3)c3ccccc3)ccc12. The number of rotatable bonds is 4. The number of nitrogens with zero attached hydrogens (tertiary/aromatic N) is 1. The van der Waals surface area contributed by atoms with Crippen molar-refractivity contribution in [3.05, 3.63) is 126 Å². The van der Waals surface area contributed by atoms with E-state index in [4.69, 9.17) is 0 Å². The van der Waals surface area contributed by atoms with E-state index in [0.717, 1.165) is 0 Å². The van der Waals surface area contributed by atoms with Gasteiger partial charge in [-0.15, -0.1) is 0 Å². The fraction of sp³-hybridized carbons (Fsp3) is 0.200. The highest BCUT2D eigenvalue weighted by atomic mass is 15.1. The highest BCUT2D eigenvalue weighted by Gasteiger charge is 2.52. The molecule has 5 aromatic carbocycles. The third-order valence-electron chi connectivity index (χ3n) is 8.77. The second kappa shape index (κ2) is 7.83. The molecule has 1 nitrogen and oxygen atoms in total. The van der Waals surface area contributed by atoms with Crippen molar-refractivity contribution < 1.29 is 0 Å². The Morgan fingerprint density at radius 1 is 0.556 bits per heavy atom. The van der Waals surface area contributed by atoms with Crippen LogP contribution in [-0.4, -0.2) is 0 Å². The molecule has 1 fully saturated rings. The maximum absolute atomic E-state index is 2.52. The molecule has 0 amide bonds. The zero-order valence-corrected chi connectivity index (χ0v) is 21.0. The molecule has 0 radical (unpaired) electrons. The molecule has 176 valence electrons. The van der Waals surface area contributed by atoms with Crippen LogP contribution in [0, 0.1) is 0 Å². The lowest BCUT2D eigenvalue weighted by atomic mass is 9.77. The second-order valence-corrected chi connectivity index (χ2v) is 11.3. The van der Waals surface area contributed by atoms with Crippen molar-refractivity contribution in [1.29, 1.82) is 0 Å². The summed E-state index contributed by atoms with van der Waals surface area (Å²) in [6.07, 6.45) is 3.89. The van der Waals surface area contributed by atoms with Gasteiger partial charge in [0.1, 0.15) is 0 Å². The maximum atomic E-state index is 2.52. The van der Waals surface area contributed by atoms with Crippen molar-refractivity contribution in [1.82, 2.24) is 0 Å². The first-order chi connectivity index (χ1) is 17.5. The van der Waals surface area contributed by atoms with Gasteiger partial charge < -0.3 is 4.90 Å². The molecule has 0 aliphatic heterocycles. The number of benzene rings is 5. The normalized spacial score (nSPS) is 22.1. The van der Waals surface area contributed by atoms with Crippen LogP contribution in [0.2, 0.25) is 0 Å². The molecular formula is C35H31N. The number of anilines is 3. The van der Waals surface area contributed by atoms with Crippen molar-refractivity contribution in [3.8, 4) is 11.1 Å². The van der Waals surface area contributed by atoms with Crippen molar-refractivity contribution >= 4 is 27.8 Å². The van der Waals surface area contributed by atoms with Gasteiger partial charge in [-0.3, -0.25) is 0 Å². The first-order valence-electron chi connectivity index (χ1n) is 13.1. The molecule has 0 saturated heterocycles. The molecular weight excluding hydrogens is 434 g/mol. The van der Waals surface area contributed by atoms with Gasteiger partial charge in [0.15, 0.2) is 0 Å². The summed E-state index contributed by atoms with van der Waals surface area (Å²) >= 11 is 0. The highest BCUT2D eigenvalue weighted by Crippen LogP contribution is 2.61. The molecule has 0 aromatic heterocycles. The molecule has 2 aliphatic rings. The molecule has 1 heteroatoms. The minimum absolute atomic E-state index is 0.301. The van der Waals surface area contributed by atoms with Crippen LogP contribution in [0.5, 0.6) is 0 Å². The third-order valence-corrected chi connectivity index (χ3v) is 8.77. The largest absolute Gasteiger partial charge is 0.310 e. The topological polar surface area (TPSA) is 3.24 Å². The Balaban J connectivity index is 1.50. The van der Waals surface area contributed by atoms with Gasteiger partial charge in [-0.05, 0) is 94.0 Å². The van der Waals surface area contributed by atoms with Gasteiger partial charge in [-0.1, -0.05) is 92.7 Å². The Hall–Kier alpha value is -3.84. The fourth-order valence-electron chi connectivity index (χ4n) is 7.01. The second-order valence-electron chi connectivity index (χ2n) is 11.3. The van der Waals surface area contributed by atoms with Crippen molar-refractivity contribution in [2.24, 2.45) is 0 Å². The van der Waals surface area contributed by atoms with Crippen LogP contribution < -0.4 is 4.90 Å². The Bertz CT molecular complexity index is 1550. The van der Waals surface area contributed by atoms with Gasteiger partial charge in [0, 0.05) is 16.9 Å². The Labute approximate surface area is 214 Å². The monoisotopic (exact) mass is 465 g/mol. The van der Waals surface area contributed by atoms with E-state index >= 15 is 0 Å². The molecule has 2 unspecified atom stereocenters. The maximum Gasteiger partial charge on any atom is 0.0546 e. The molecule has 0 heterocycles. The zero-order valence-electron chi connectivity index (χ0n) is 21.0. The Kier molecular flexibility index (Phi) is 4.66. The zero-order chi connectivity index (χ0) is 24.3. The fourth-order valence-corrected chi connectivity index (χ4v) is 7.01. The third kappa shape index (κ3) is 3.23. The number of hydrogen-bond donors (Lipinski definition) is 0. The summed E-state index contributed by atoms with van der Waals surface area (Å²) in [5.41, 5.74) is 9.92. The van der Waals surface area contributed by atoms with E-state index in [-0.39, 0.29) is 0 Å². The van der Waals surface area contributed by atoms with E-state index in [9.17, 15) is 0 Å². The number of para-hydroxylation sites is 2. The average Bonchev–Trinajstić information content (AvgIpc) is 3.36. The lowest BCUT2D eigenvalue weighted by Gasteiger charge is -2.30. The van der Waals surface area contributed by atoms with Gasteiger partial charge in [-0.25, -0.2) is 0 Å². The molecule has 36 heavy (non-hydrogen) atoms. The summed E-state index contributed by atoms with van der Waals surface area (Å²) in [4.78, 5) is 2.41. The molecule has 0 N–H and O–H groups in total. The summed E-state index contributed by atoms with van der Waals surface area (Å²) < 4.78 is 0. The van der Waals surface area contributed by atoms with Gasteiger partial charge in [-0.2, -0.15) is 0 Å². The lowest BCUT2D eigenvalue weighted by Crippen LogP contribution is -2.18. The first-order valence-corrected chi connectivity index (χ1v) is 13.1. The van der Waals surface area contributed by atoms with Crippen LogP contribution in [0.1, 0.15) is 44.2 Å². The molecule has 5 aromatic rings. The molecule has 1 saturated carbocycles. The van der Waals surface area contributed by atoms with Crippen molar-refractivity contribution in [3.63, 3.8) is 0 Å². The van der Waals surface area contributed by atoms with Crippen LogP contribution in [0.3, 0.4) is 0 Å².